The minimum Gasteiger partial charge on any atom is -0.440 e. The van der Waals surface area contributed by atoms with Gasteiger partial charge in [-0.25, -0.2) is 17.8 Å². The third kappa shape index (κ3) is 4.49. The van der Waals surface area contributed by atoms with Gasteiger partial charge in [0.25, 0.3) is 0 Å². The zero-order chi connectivity index (χ0) is 21.1. The van der Waals surface area contributed by atoms with Crippen LogP contribution >= 0.6 is 0 Å². The Bertz CT molecular complexity index is 1260. The first kappa shape index (κ1) is 20.0. The fraction of sp³-hybridized carbons (Fsp3) is 0.125. The molecular weight excluding hydrogens is 401 g/mol. The molecule has 0 N–H and O–H groups in total. The molecule has 0 spiro atoms. The van der Waals surface area contributed by atoms with E-state index in [0.717, 1.165) is 6.42 Å². The number of aromatic nitrogens is 1. The lowest BCUT2D eigenvalue weighted by atomic mass is 10.1. The van der Waals surface area contributed by atoms with Crippen molar-refractivity contribution in [3.05, 3.63) is 96.1 Å². The lowest BCUT2D eigenvalue weighted by Crippen LogP contribution is -1.96. The van der Waals surface area contributed by atoms with Crippen molar-refractivity contribution < 1.29 is 17.2 Å². The van der Waals surface area contributed by atoms with Crippen LogP contribution in [0.5, 0.6) is 0 Å². The van der Waals surface area contributed by atoms with Crippen molar-refractivity contribution in [2.75, 3.05) is 6.26 Å². The zero-order valence-corrected chi connectivity index (χ0v) is 17.2. The Kier molecular flexibility index (Phi) is 5.50. The summed E-state index contributed by atoms with van der Waals surface area (Å²) in [5.41, 5.74) is 3.03. The molecular formula is C24H20FNO3S. The molecule has 0 saturated heterocycles. The molecule has 4 nitrogen and oxygen atoms in total. The molecule has 4 aromatic rings. The van der Waals surface area contributed by atoms with Gasteiger partial charge < -0.3 is 4.42 Å². The van der Waals surface area contributed by atoms with E-state index in [0.29, 0.717) is 34.9 Å². The van der Waals surface area contributed by atoms with Crippen LogP contribution < -0.4 is 0 Å². The average Bonchev–Trinajstić information content (AvgIpc) is 3.17. The first-order chi connectivity index (χ1) is 14.4. The van der Waals surface area contributed by atoms with E-state index in [1.165, 1.54) is 24.0 Å². The van der Waals surface area contributed by atoms with Crippen LogP contribution in [0.2, 0.25) is 0 Å². The Morgan fingerprint density at radius 3 is 2.30 bits per heavy atom. The topological polar surface area (TPSA) is 60.2 Å². The van der Waals surface area contributed by atoms with E-state index in [4.69, 9.17) is 4.42 Å². The van der Waals surface area contributed by atoms with E-state index in [1.807, 2.05) is 30.3 Å². The third-order valence-corrected chi connectivity index (χ3v) is 5.89. The minimum absolute atomic E-state index is 0.201. The highest BCUT2D eigenvalue weighted by molar-refractivity contribution is 7.90. The molecule has 0 radical (unpaired) electrons. The number of aryl methyl sites for hydroxylation is 2. The van der Waals surface area contributed by atoms with Crippen molar-refractivity contribution in [3.63, 3.8) is 0 Å². The molecule has 152 valence electrons. The molecule has 0 aliphatic heterocycles. The smallest absolute Gasteiger partial charge is 0.195 e. The summed E-state index contributed by atoms with van der Waals surface area (Å²) in [6.07, 6.45) is 2.51. The van der Waals surface area contributed by atoms with Crippen LogP contribution in [-0.2, 0) is 22.7 Å². The lowest BCUT2D eigenvalue weighted by Gasteiger charge is -2.04. The molecule has 0 fully saturated rings. The third-order valence-electron chi connectivity index (χ3n) is 4.78. The summed E-state index contributed by atoms with van der Waals surface area (Å²) in [4.78, 5) is 4.86. The van der Waals surface area contributed by atoms with Crippen LogP contribution in [0.1, 0.15) is 11.5 Å². The van der Waals surface area contributed by atoms with Crippen LogP contribution in [0, 0.1) is 5.82 Å². The Hall–Kier alpha value is -3.25. The fourth-order valence-corrected chi connectivity index (χ4v) is 3.90. The minimum atomic E-state index is -3.37. The lowest BCUT2D eigenvalue weighted by molar-refractivity contribution is 0.505. The van der Waals surface area contributed by atoms with E-state index in [9.17, 15) is 12.8 Å². The van der Waals surface area contributed by atoms with Gasteiger partial charge in [-0.05, 0) is 48.4 Å². The fourth-order valence-electron chi connectivity index (χ4n) is 3.23. The molecule has 4 rings (SSSR count). The number of oxazole rings is 1. The van der Waals surface area contributed by atoms with Crippen molar-refractivity contribution in [1.29, 1.82) is 0 Å². The molecule has 0 aliphatic carbocycles. The second-order valence-corrected chi connectivity index (χ2v) is 9.09. The summed E-state index contributed by atoms with van der Waals surface area (Å²) >= 11 is 0. The van der Waals surface area contributed by atoms with E-state index in [1.54, 1.807) is 36.4 Å². The molecule has 1 aromatic heterocycles. The standard InChI is InChI=1S/C24H20FNO3S/c1-30(27,28)21-9-5-8-19(16-21)24-23(18-11-13-20(25)14-12-18)26-22(29-24)15-10-17-6-3-2-4-7-17/h2-9,11-14,16H,10,15H2,1H3. The van der Waals surface area contributed by atoms with Crippen molar-refractivity contribution in [2.45, 2.75) is 17.7 Å². The maximum Gasteiger partial charge on any atom is 0.195 e. The monoisotopic (exact) mass is 421 g/mol. The molecule has 0 amide bonds. The highest BCUT2D eigenvalue weighted by Crippen LogP contribution is 2.34. The SMILES string of the molecule is CS(=O)(=O)c1cccc(-c2oc(CCc3ccccc3)nc2-c2ccc(F)cc2)c1. The second-order valence-electron chi connectivity index (χ2n) is 7.08. The Balaban J connectivity index is 1.76. The Labute approximate surface area is 175 Å². The van der Waals surface area contributed by atoms with Crippen molar-refractivity contribution >= 4 is 9.84 Å². The predicted octanol–water partition coefficient (Wildman–Crippen LogP) is 5.34. The maximum absolute atomic E-state index is 13.4. The number of rotatable bonds is 6. The normalized spacial score (nSPS) is 11.5. The van der Waals surface area contributed by atoms with E-state index in [2.05, 4.69) is 4.98 Å². The molecule has 0 unspecified atom stereocenters. The highest BCUT2D eigenvalue weighted by Gasteiger charge is 2.19. The quantitative estimate of drug-likeness (QED) is 0.422. The molecule has 1 heterocycles. The van der Waals surface area contributed by atoms with Gasteiger partial charge >= 0.3 is 0 Å². The molecule has 0 saturated carbocycles. The molecule has 6 heteroatoms. The van der Waals surface area contributed by atoms with Gasteiger partial charge in [0.05, 0.1) is 4.90 Å². The summed E-state index contributed by atoms with van der Waals surface area (Å²) in [6, 6.07) is 22.6. The van der Waals surface area contributed by atoms with Crippen molar-refractivity contribution in [1.82, 2.24) is 4.98 Å². The van der Waals surface area contributed by atoms with Gasteiger partial charge in [-0.15, -0.1) is 0 Å². The predicted molar refractivity (Wildman–Crippen MR) is 114 cm³/mol. The van der Waals surface area contributed by atoms with E-state index in [-0.39, 0.29) is 10.7 Å². The second kappa shape index (κ2) is 8.24. The van der Waals surface area contributed by atoms with Gasteiger partial charge in [0.1, 0.15) is 11.5 Å². The van der Waals surface area contributed by atoms with E-state index >= 15 is 0 Å². The largest absolute Gasteiger partial charge is 0.440 e. The zero-order valence-electron chi connectivity index (χ0n) is 16.4. The van der Waals surface area contributed by atoms with E-state index < -0.39 is 9.84 Å². The van der Waals surface area contributed by atoms with Gasteiger partial charge in [-0.1, -0.05) is 42.5 Å². The summed E-state index contributed by atoms with van der Waals surface area (Å²) in [5, 5.41) is 0. The highest BCUT2D eigenvalue weighted by atomic mass is 32.2. The van der Waals surface area contributed by atoms with Crippen LogP contribution in [-0.4, -0.2) is 19.7 Å². The summed E-state index contributed by atoms with van der Waals surface area (Å²) in [7, 11) is -3.37. The maximum atomic E-state index is 13.4. The summed E-state index contributed by atoms with van der Waals surface area (Å²) < 4.78 is 43.5. The van der Waals surface area contributed by atoms with Gasteiger partial charge in [-0.3, -0.25) is 0 Å². The van der Waals surface area contributed by atoms with Crippen LogP contribution in [0.3, 0.4) is 0 Å². The molecule has 3 aromatic carbocycles. The number of hydrogen-bond donors (Lipinski definition) is 0. The van der Waals surface area contributed by atoms with Gasteiger partial charge in [-0.2, -0.15) is 0 Å². The number of halogens is 1. The first-order valence-corrected chi connectivity index (χ1v) is 11.4. The average molecular weight is 421 g/mol. The van der Waals surface area contributed by atoms with Gasteiger partial charge in [0, 0.05) is 23.8 Å². The Morgan fingerprint density at radius 2 is 1.60 bits per heavy atom. The van der Waals surface area contributed by atoms with Crippen LogP contribution in [0.25, 0.3) is 22.6 Å². The number of benzene rings is 3. The Morgan fingerprint density at radius 1 is 0.867 bits per heavy atom. The molecule has 30 heavy (non-hydrogen) atoms. The van der Waals surface area contributed by atoms with Crippen molar-refractivity contribution in [2.24, 2.45) is 0 Å². The number of sulfone groups is 1. The van der Waals surface area contributed by atoms with Gasteiger partial charge in [0.15, 0.2) is 21.5 Å². The molecule has 0 aliphatic rings. The number of nitrogens with zero attached hydrogens (tertiary/aromatic N) is 1. The summed E-state index contributed by atoms with van der Waals surface area (Å²) in [6.45, 7) is 0. The first-order valence-electron chi connectivity index (χ1n) is 9.50. The van der Waals surface area contributed by atoms with Crippen LogP contribution in [0.15, 0.2) is 88.2 Å². The molecule has 0 bridgehead atoms. The number of hydrogen-bond acceptors (Lipinski definition) is 4. The van der Waals surface area contributed by atoms with Crippen LogP contribution in [0.4, 0.5) is 4.39 Å². The molecule has 0 atom stereocenters. The summed E-state index contributed by atoms with van der Waals surface area (Å²) in [5.74, 6) is 0.667. The van der Waals surface area contributed by atoms with Gasteiger partial charge in [0.2, 0.25) is 0 Å². The van der Waals surface area contributed by atoms with Crippen molar-refractivity contribution in [3.8, 4) is 22.6 Å².